The molecule has 1 fully saturated rings. The van der Waals surface area contributed by atoms with E-state index in [1.54, 1.807) is 11.9 Å². The maximum Gasteiger partial charge on any atom is 0.305 e. The molecular weight excluding hydrogens is 516 g/mol. The van der Waals surface area contributed by atoms with E-state index >= 15 is 0 Å². The van der Waals surface area contributed by atoms with Crippen molar-refractivity contribution in [2.24, 2.45) is 0 Å². The Kier molecular flexibility index (Phi) is 9.32. The van der Waals surface area contributed by atoms with Crippen molar-refractivity contribution < 1.29 is 23.5 Å². The van der Waals surface area contributed by atoms with E-state index < -0.39 is 23.3 Å². The topological polar surface area (TPSA) is 116 Å². The molecule has 0 saturated carbocycles. The zero-order chi connectivity index (χ0) is 27.9. The molecule has 204 valence electrons. The molecule has 3 aromatic carbocycles. The van der Waals surface area contributed by atoms with Crippen LogP contribution in [0.15, 0.2) is 60.7 Å². The van der Waals surface area contributed by atoms with Crippen LogP contribution in [0, 0.1) is 11.8 Å². The highest BCUT2D eigenvalue weighted by Crippen LogP contribution is 2.22. The van der Waals surface area contributed by atoms with Gasteiger partial charge in [-0.2, -0.15) is 4.41 Å². The van der Waals surface area contributed by atoms with Gasteiger partial charge in [0, 0.05) is 72.4 Å². The lowest BCUT2D eigenvalue weighted by atomic mass is 10.0. The molecule has 0 bridgehead atoms. The fourth-order valence-corrected chi connectivity index (χ4v) is 5.43. The third-order valence-electron chi connectivity index (χ3n) is 6.58. The molecule has 0 spiro atoms. The number of rotatable bonds is 8. The van der Waals surface area contributed by atoms with E-state index in [-0.39, 0.29) is 12.3 Å². The van der Waals surface area contributed by atoms with Crippen LogP contribution in [0.2, 0.25) is 0 Å². The highest BCUT2D eigenvalue weighted by molar-refractivity contribution is 7.76. The van der Waals surface area contributed by atoms with Crippen molar-refractivity contribution in [3.63, 3.8) is 0 Å². The van der Waals surface area contributed by atoms with Crippen LogP contribution >= 0.6 is 0 Å². The number of aliphatic carboxylic acids is 1. The fourth-order valence-electron chi connectivity index (χ4n) is 4.71. The largest absolute Gasteiger partial charge is 0.759 e. The molecule has 1 amide bonds. The molecule has 0 aromatic heterocycles. The van der Waals surface area contributed by atoms with Gasteiger partial charge in [-0.15, -0.1) is 0 Å². The van der Waals surface area contributed by atoms with Gasteiger partial charge in [0.15, 0.2) is 0 Å². The Morgan fingerprint density at radius 2 is 1.72 bits per heavy atom. The number of carboxylic acids is 1. The Morgan fingerprint density at radius 1 is 1.05 bits per heavy atom. The van der Waals surface area contributed by atoms with E-state index in [4.69, 9.17) is 5.11 Å². The number of nitrogens with one attached hydrogen (secondary N) is 1. The van der Waals surface area contributed by atoms with Crippen LogP contribution in [0.3, 0.4) is 0 Å². The number of hydrogen-bond donors (Lipinski definition) is 2. The molecule has 4 rings (SSSR count). The summed E-state index contributed by atoms with van der Waals surface area (Å²) in [5.74, 6) is 5.25. The summed E-state index contributed by atoms with van der Waals surface area (Å²) in [6.07, 6.45) is -0.259. The molecule has 1 heterocycles. The Hall–Kier alpha value is -3.75. The molecule has 3 aromatic rings. The summed E-state index contributed by atoms with van der Waals surface area (Å²) in [6.45, 7) is 6.16. The predicted octanol–water partition coefficient (Wildman–Crippen LogP) is 2.99. The van der Waals surface area contributed by atoms with Crippen LogP contribution < -0.4 is 10.2 Å². The van der Waals surface area contributed by atoms with Crippen molar-refractivity contribution in [3.05, 3.63) is 77.4 Å². The number of hydrogen-bond acceptors (Lipinski definition) is 6. The van der Waals surface area contributed by atoms with Crippen molar-refractivity contribution in [3.8, 4) is 11.8 Å². The molecule has 39 heavy (non-hydrogen) atoms. The highest BCUT2D eigenvalue weighted by Gasteiger charge is 2.28. The lowest BCUT2D eigenvalue weighted by Gasteiger charge is -2.44. The van der Waals surface area contributed by atoms with Crippen LogP contribution in [0.1, 0.15) is 41.8 Å². The van der Waals surface area contributed by atoms with Gasteiger partial charge in [0.25, 0.3) is 5.91 Å². The number of anilines is 1. The number of fused-ring (bicyclic) bond motifs is 1. The van der Waals surface area contributed by atoms with Crippen molar-refractivity contribution >= 4 is 39.6 Å². The van der Waals surface area contributed by atoms with E-state index in [0.29, 0.717) is 38.3 Å². The van der Waals surface area contributed by atoms with Crippen LogP contribution in [0.5, 0.6) is 0 Å². The number of hydrazine groups is 1. The fraction of sp³-hybridized carbons (Fsp3) is 0.310. The molecule has 1 aliphatic heterocycles. The van der Waals surface area contributed by atoms with E-state index in [1.807, 2.05) is 67.6 Å². The zero-order valence-electron chi connectivity index (χ0n) is 21.9. The zero-order valence-corrected chi connectivity index (χ0v) is 22.7. The summed E-state index contributed by atoms with van der Waals surface area (Å²) >= 11 is -2.55. The summed E-state index contributed by atoms with van der Waals surface area (Å²) in [5, 5.41) is 15.4. The monoisotopic (exact) mass is 547 g/mol. The molecule has 2 N–H and O–H groups in total. The van der Waals surface area contributed by atoms with Crippen molar-refractivity contribution in [2.75, 3.05) is 37.6 Å². The van der Waals surface area contributed by atoms with Crippen LogP contribution in [0.4, 0.5) is 5.69 Å². The quantitative estimate of drug-likeness (QED) is 0.329. The SMILES string of the molecule is CCNC(=O)c1cccc2ccc(C#Cc3ccc(N4CCN(N(C(C)CC(=O)O)S(=O)[O-])CC4)cc3)cc12. The smallest absolute Gasteiger partial charge is 0.305 e. The van der Waals surface area contributed by atoms with Crippen molar-refractivity contribution in [1.29, 1.82) is 0 Å². The number of carbonyl (C=O) groups excluding carboxylic acids is 1. The minimum Gasteiger partial charge on any atom is -0.759 e. The average molecular weight is 548 g/mol. The molecule has 0 radical (unpaired) electrons. The van der Waals surface area contributed by atoms with E-state index in [2.05, 4.69) is 22.1 Å². The first-order chi connectivity index (χ1) is 18.8. The maximum atomic E-state index is 12.5. The summed E-state index contributed by atoms with van der Waals surface area (Å²) in [5.41, 5.74) is 3.30. The maximum absolute atomic E-state index is 12.5. The molecule has 10 heteroatoms. The third kappa shape index (κ3) is 7.02. The Labute approximate surface area is 230 Å². The first-order valence-corrected chi connectivity index (χ1v) is 13.8. The number of carbonyl (C=O) groups is 2. The molecule has 2 atom stereocenters. The summed E-state index contributed by atoms with van der Waals surface area (Å²) in [7, 11) is 0. The van der Waals surface area contributed by atoms with E-state index in [9.17, 15) is 18.4 Å². The average Bonchev–Trinajstić information content (AvgIpc) is 2.92. The lowest BCUT2D eigenvalue weighted by Crippen LogP contribution is -2.57. The summed E-state index contributed by atoms with van der Waals surface area (Å²) in [4.78, 5) is 25.7. The van der Waals surface area contributed by atoms with Gasteiger partial charge in [-0.1, -0.05) is 30.0 Å². The normalized spacial score (nSPS) is 15.4. The number of carboxylic acid groups (broad SMARTS) is 1. The Bertz CT molecular complexity index is 1430. The molecule has 2 unspecified atom stereocenters. The summed E-state index contributed by atoms with van der Waals surface area (Å²) in [6, 6.07) is 18.7. The molecule has 1 aliphatic rings. The van der Waals surface area contributed by atoms with E-state index in [1.165, 1.54) is 0 Å². The van der Waals surface area contributed by atoms with Gasteiger partial charge in [-0.3, -0.25) is 13.8 Å². The first kappa shape index (κ1) is 28.3. The predicted molar refractivity (Wildman–Crippen MR) is 151 cm³/mol. The van der Waals surface area contributed by atoms with Gasteiger partial charge in [0.05, 0.1) is 6.42 Å². The van der Waals surface area contributed by atoms with Gasteiger partial charge < -0.3 is 19.9 Å². The third-order valence-corrected chi connectivity index (χ3v) is 7.48. The highest BCUT2D eigenvalue weighted by atomic mass is 32.2. The van der Waals surface area contributed by atoms with Crippen molar-refractivity contribution in [1.82, 2.24) is 14.7 Å². The van der Waals surface area contributed by atoms with Crippen LogP contribution in [-0.4, -0.2) is 73.9 Å². The second kappa shape index (κ2) is 12.9. The number of nitrogens with zero attached hydrogens (tertiary/aromatic N) is 3. The molecule has 1 saturated heterocycles. The number of amides is 1. The first-order valence-electron chi connectivity index (χ1n) is 12.8. The lowest BCUT2D eigenvalue weighted by molar-refractivity contribution is -0.139. The van der Waals surface area contributed by atoms with Gasteiger partial charge in [0.1, 0.15) is 0 Å². The second-order valence-corrected chi connectivity index (χ2v) is 10.1. The Morgan fingerprint density at radius 3 is 2.36 bits per heavy atom. The minimum absolute atomic E-state index is 0.103. The van der Waals surface area contributed by atoms with Crippen LogP contribution in [-0.2, 0) is 16.1 Å². The van der Waals surface area contributed by atoms with Gasteiger partial charge in [0.2, 0.25) is 0 Å². The minimum atomic E-state index is -2.55. The van der Waals surface area contributed by atoms with Gasteiger partial charge in [-0.25, -0.2) is 5.01 Å². The van der Waals surface area contributed by atoms with Crippen molar-refractivity contribution in [2.45, 2.75) is 26.3 Å². The summed E-state index contributed by atoms with van der Waals surface area (Å²) < 4.78 is 24.7. The van der Waals surface area contributed by atoms with Gasteiger partial charge in [-0.05, 0) is 67.1 Å². The molecule has 9 nitrogen and oxygen atoms in total. The van der Waals surface area contributed by atoms with Crippen LogP contribution in [0.25, 0.3) is 10.8 Å². The number of benzene rings is 3. The van der Waals surface area contributed by atoms with Gasteiger partial charge >= 0.3 is 5.97 Å². The second-order valence-electron chi connectivity index (χ2n) is 9.31. The molecule has 0 aliphatic carbocycles. The van der Waals surface area contributed by atoms with E-state index in [0.717, 1.165) is 32.0 Å². The number of piperazine rings is 1. The molecular formula is C29H31N4O5S-. The Balaban J connectivity index is 1.42. The standard InChI is InChI=1S/C29H32N4O5S/c1-3-30-29(36)26-6-4-5-24-12-9-23(20-27(24)26)8-7-22-10-13-25(14-11-22)31-15-17-32(18-16-31)33(39(37)38)21(2)19-28(34)35/h4-6,9-14,20-21H,3,15-19H2,1-2H3,(H,30,36)(H,34,35)(H,37,38)/p-1.